The highest BCUT2D eigenvalue weighted by atomic mass is 32.2. The number of rotatable bonds is 8. The lowest BCUT2D eigenvalue weighted by Crippen LogP contribution is -2.13. The molecule has 2 aromatic carbocycles. The highest BCUT2D eigenvalue weighted by molar-refractivity contribution is 7.98. The summed E-state index contributed by atoms with van der Waals surface area (Å²) in [5.41, 5.74) is 2.07. The molecule has 0 radical (unpaired) electrons. The molecule has 158 valence electrons. The van der Waals surface area contributed by atoms with Gasteiger partial charge in [-0.15, -0.1) is 10.2 Å². The van der Waals surface area contributed by atoms with Crippen molar-refractivity contribution in [2.75, 3.05) is 5.32 Å². The second-order valence-electron chi connectivity index (χ2n) is 6.64. The zero-order valence-corrected chi connectivity index (χ0v) is 17.4. The molecule has 4 rings (SSSR count). The number of hydrogen-bond acceptors (Lipinski definition) is 8. The Labute approximate surface area is 181 Å². The number of amides is 1. The molecule has 0 aliphatic heterocycles. The number of anilines is 1. The van der Waals surface area contributed by atoms with Gasteiger partial charge in [-0.05, 0) is 36.8 Å². The van der Waals surface area contributed by atoms with Gasteiger partial charge in [-0.1, -0.05) is 41.2 Å². The van der Waals surface area contributed by atoms with Gasteiger partial charge in [0.2, 0.25) is 17.7 Å². The number of nitrogens with zero attached hydrogens (tertiary/aromatic N) is 4. The average Bonchev–Trinajstić information content (AvgIpc) is 3.43. The largest absolute Gasteiger partial charge is 0.411 e. The van der Waals surface area contributed by atoms with Gasteiger partial charge in [0.25, 0.3) is 5.22 Å². The van der Waals surface area contributed by atoms with E-state index in [1.54, 1.807) is 13.0 Å². The van der Waals surface area contributed by atoms with Crippen LogP contribution < -0.4 is 5.32 Å². The van der Waals surface area contributed by atoms with Crippen molar-refractivity contribution in [3.8, 4) is 11.5 Å². The summed E-state index contributed by atoms with van der Waals surface area (Å²) >= 11 is 1.29. The van der Waals surface area contributed by atoms with Crippen molar-refractivity contribution >= 4 is 23.4 Å². The third-order valence-corrected chi connectivity index (χ3v) is 5.12. The van der Waals surface area contributed by atoms with Crippen LogP contribution in [0, 0.1) is 12.7 Å². The monoisotopic (exact) mass is 439 g/mol. The van der Waals surface area contributed by atoms with Gasteiger partial charge in [-0.25, -0.2) is 4.39 Å². The lowest BCUT2D eigenvalue weighted by molar-refractivity contribution is -0.116. The summed E-state index contributed by atoms with van der Waals surface area (Å²) < 4.78 is 24.1. The molecule has 2 heterocycles. The number of halogens is 1. The molecule has 1 N–H and O–H groups in total. The van der Waals surface area contributed by atoms with Gasteiger partial charge >= 0.3 is 0 Å². The minimum atomic E-state index is -0.405. The molecule has 1 amide bonds. The fourth-order valence-corrected chi connectivity index (χ4v) is 3.31. The van der Waals surface area contributed by atoms with Crippen molar-refractivity contribution in [2.24, 2.45) is 0 Å². The average molecular weight is 439 g/mol. The lowest BCUT2D eigenvalue weighted by atomic mass is 10.2. The van der Waals surface area contributed by atoms with E-state index >= 15 is 0 Å². The normalized spacial score (nSPS) is 10.9. The number of hydrogen-bond donors (Lipinski definition) is 1. The van der Waals surface area contributed by atoms with Gasteiger partial charge in [0, 0.05) is 24.1 Å². The van der Waals surface area contributed by atoms with Gasteiger partial charge in [0.15, 0.2) is 5.82 Å². The summed E-state index contributed by atoms with van der Waals surface area (Å²) in [4.78, 5) is 16.4. The fourth-order valence-electron chi connectivity index (χ4n) is 2.70. The summed E-state index contributed by atoms with van der Waals surface area (Å²) in [5.74, 6) is 0.961. The first-order valence-corrected chi connectivity index (χ1v) is 10.4. The Morgan fingerprint density at radius 2 is 2.00 bits per heavy atom. The molecular formula is C21H18FN5O3S. The molecule has 0 atom stereocenters. The fraction of sp³-hybridized carbons (Fsp3) is 0.190. The first kappa shape index (κ1) is 20.7. The van der Waals surface area contributed by atoms with Gasteiger partial charge in [0.05, 0.1) is 5.75 Å². The summed E-state index contributed by atoms with van der Waals surface area (Å²) in [6.07, 6.45) is 0.408. The van der Waals surface area contributed by atoms with E-state index in [2.05, 4.69) is 25.7 Å². The van der Waals surface area contributed by atoms with Gasteiger partial charge < -0.3 is 14.3 Å². The first-order valence-electron chi connectivity index (χ1n) is 9.46. The van der Waals surface area contributed by atoms with Gasteiger partial charge in [0.1, 0.15) is 5.82 Å². The van der Waals surface area contributed by atoms with Crippen LogP contribution >= 0.6 is 11.8 Å². The van der Waals surface area contributed by atoms with Crippen molar-refractivity contribution in [3.63, 3.8) is 0 Å². The molecule has 2 aromatic heterocycles. The third-order valence-electron chi connectivity index (χ3n) is 4.30. The zero-order valence-electron chi connectivity index (χ0n) is 16.5. The molecule has 8 nitrogen and oxygen atoms in total. The maximum absolute atomic E-state index is 13.3. The minimum absolute atomic E-state index is 0.134. The van der Waals surface area contributed by atoms with Crippen LogP contribution in [0.5, 0.6) is 0 Å². The van der Waals surface area contributed by atoms with E-state index in [-0.39, 0.29) is 18.7 Å². The molecule has 0 spiro atoms. The van der Waals surface area contributed by atoms with E-state index < -0.39 is 5.82 Å². The van der Waals surface area contributed by atoms with E-state index in [0.29, 0.717) is 34.3 Å². The Morgan fingerprint density at radius 1 is 1.16 bits per heavy atom. The van der Waals surface area contributed by atoms with E-state index in [4.69, 9.17) is 8.94 Å². The Hall–Kier alpha value is -3.53. The van der Waals surface area contributed by atoms with Crippen LogP contribution in [0.1, 0.15) is 23.7 Å². The highest BCUT2D eigenvalue weighted by Gasteiger charge is 2.13. The number of nitrogens with one attached hydrogen (secondary N) is 1. The second kappa shape index (κ2) is 9.52. The molecule has 0 bridgehead atoms. The predicted octanol–water partition coefficient (Wildman–Crippen LogP) is 4.43. The standard InChI is InChI=1S/C21H18FN5O3S/c1-13-7-8-15(22)11-16(13)23-18(28)9-10-19-24-17(27-30-19)12-31-21-26-25-20(29-21)14-5-3-2-4-6-14/h2-8,11H,9-10,12H2,1H3,(H,23,28). The number of aromatic nitrogens is 4. The van der Waals surface area contributed by atoms with Crippen LogP contribution in [0.25, 0.3) is 11.5 Å². The first-order chi connectivity index (χ1) is 15.1. The second-order valence-corrected chi connectivity index (χ2v) is 7.57. The third kappa shape index (κ3) is 5.54. The van der Waals surface area contributed by atoms with Crippen molar-refractivity contribution < 1.29 is 18.1 Å². The van der Waals surface area contributed by atoms with Crippen LogP contribution in [0.3, 0.4) is 0 Å². The Balaban J connectivity index is 1.26. The van der Waals surface area contributed by atoms with E-state index in [0.717, 1.165) is 11.1 Å². The molecule has 0 fully saturated rings. The van der Waals surface area contributed by atoms with E-state index in [9.17, 15) is 9.18 Å². The van der Waals surface area contributed by atoms with Gasteiger partial charge in [-0.3, -0.25) is 4.79 Å². The number of benzene rings is 2. The zero-order chi connectivity index (χ0) is 21.6. The Bertz CT molecular complexity index is 1180. The molecule has 0 saturated heterocycles. The number of carbonyl (C=O) groups excluding carboxylic acids is 1. The smallest absolute Gasteiger partial charge is 0.277 e. The summed E-state index contributed by atoms with van der Waals surface area (Å²) in [5, 5.41) is 15.0. The number of aryl methyl sites for hydroxylation is 2. The van der Waals surface area contributed by atoms with E-state index in [1.165, 1.54) is 23.9 Å². The Kier molecular flexibility index (Phi) is 6.37. The van der Waals surface area contributed by atoms with Crippen LogP contribution in [-0.4, -0.2) is 26.2 Å². The van der Waals surface area contributed by atoms with Crippen molar-refractivity contribution in [1.82, 2.24) is 20.3 Å². The van der Waals surface area contributed by atoms with Crippen LogP contribution in [0.15, 0.2) is 62.7 Å². The van der Waals surface area contributed by atoms with Crippen molar-refractivity contribution in [3.05, 3.63) is 71.6 Å². The van der Waals surface area contributed by atoms with Crippen LogP contribution in [0.4, 0.5) is 10.1 Å². The highest BCUT2D eigenvalue weighted by Crippen LogP contribution is 2.25. The topological polar surface area (TPSA) is 107 Å². The van der Waals surface area contributed by atoms with Crippen LogP contribution in [0.2, 0.25) is 0 Å². The molecule has 0 aliphatic rings. The van der Waals surface area contributed by atoms with Gasteiger partial charge in [-0.2, -0.15) is 4.98 Å². The molecular weight excluding hydrogens is 421 g/mol. The van der Waals surface area contributed by atoms with Crippen molar-refractivity contribution in [1.29, 1.82) is 0 Å². The van der Waals surface area contributed by atoms with Crippen LogP contribution in [-0.2, 0) is 17.0 Å². The summed E-state index contributed by atoms with van der Waals surface area (Å²) in [6, 6.07) is 13.7. The minimum Gasteiger partial charge on any atom is -0.411 e. The lowest BCUT2D eigenvalue weighted by Gasteiger charge is -2.07. The van der Waals surface area contributed by atoms with Crippen molar-refractivity contribution in [2.45, 2.75) is 30.7 Å². The molecule has 10 heteroatoms. The number of thioether (sulfide) groups is 1. The summed E-state index contributed by atoms with van der Waals surface area (Å²) in [7, 11) is 0. The SMILES string of the molecule is Cc1ccc(F)cc1NC(=O)CCc1nc(CSc2nnc(-c3ccccc3)o2)no1. The molecule has 0 aliphatic carbocycles. The summed E-state index contributed by atoms with van der Waals surface area (Å²) in [6.45, 7) is 1.79. The Morgan fingerprint density at radius 3 is 2.84 bits per heavy atom. The maximum atomic E-state index is 13.3. The quantitative estimate of drug-likeness (QED) is 0.402. The molecule has 4 aromatic rings. The number of carbonyl (C=O) groups is 1. The maximum Gasteiger partial charge on any atom is 0.277 e. The molecule has 0 saturated carbocycles. The predicted molar refractivity (Wildman–Crippen MR) is 112 cm³/mol. The molecule has 31 heavy (non-hydrogen) atoms. The molecule has 0 unspecified atom stereocenters. The van der Waals surface area contributed by atoms with E-state index in [1.807, 2.05) is 30.3 Å².